The van der Waals surface area contributed by atoms with Crippen molar-refractivity contribution in [2.45, 2.75) is 38.6 Å². The van der Waals surface area contributed by atoms with Crippen molar-refractivity contribution >= 4 is 17.9 Å². The lowest BCUT2D eigenvalue weighted by Gasteiger charge is -2.20. The van der Waals surface area contributed by atoms with E-state index < -0.39 is 18.5 Å². The third-order valence-corrected chi connectivity index (χ3v) is 4.93. The predicted octanol–water partition coefficient (Wildman–Crippen LogP) is 1.97. The first kappa shape index (κ1) is 16.5. The summed E-state index contributed by atoms with van der Waals surface area (Å²) in [5.74, 6) is 1.38. The van der Waals surface area contributed by atoms with Gasteiger partial charge in [-0.3, -0.25) is 14.9 Å². The van der Waals surface area contributed by atoms with Crippen LogP contribution in [0.5, 0.6) is 0 Å². The normalized spacial score (nSPS) is 24.6. The molecule has 24 heavy (non-hydrogen) atoms. The lowest BCUT2D eigenvalue weighted by Crippen LogP contribution is -2.41. The zero-order valence-corrected chi connectivity index (χ0v) is 13.5. The van der Waals surface area contributed by atoms with E-state index in [1.165, 1.54) is 25.5 Å². The second-order valence-corrected chi connectivity index (χ2v) is 6.61. The zero-order valence-electron chi connectivity index (χ0n) is 13.5. The van der Waals surface area contributed by atoms with Crippen LogP contribution in [0.4, 0.5) is 4.79 Å². The lowest BCUT2D eigenvalue weighted by atomic mass is 9.86. The Kier molecular flexibility index (Phi) is 5.17. The number of hydrogen-bond donors (Lipinski definition) is 2. The summed E-state index contributed by atoms with van der Waals surface area (Å²) in [5, 5.41) is 4.59. The zero-order chi connectivity index (χ0) is 16.9. The Morgan fingerprint density at radius 3 is 2.79 bits per heavy atom. The molecule has 1 aromatic rings. The molecule has 3 amide bonds. The van der Waals surface area contributed by atoms with Crippen molar-refractivity contribution in [2.75, 3.05) is 6.61 Å². The molecule has 2 N–H and O–H groups in total. The summed E-state index contributed by atoms with van der Waals surface area (Å²) in [5.41, 5.74) is 0. The quantitative estimate of drug-likeness (QED) is 0.775. The summed E-state index contributed by atoms with van der Waals surface area (Å²) in [4.78, 5) is 35.0. The maximum absolute atomic E-state index is 11.8. The molecule has 130 valence electrons. The highest BCUT2D eigenvalue weighted by atomic mass is 16.5. The van der Waals surface area contributed by atoms with Gasteiger partial charge in [0.2, 0.25) is 0 Å². The Balaban J connectivity index is 1.30. The van der Waals surface area contributed by atoms with Gasteiger partial charge in [0.25, 0.3) is 5.91 Å². The van der Waals surface area contributed by atoms with E-state index in [1.807, 2.05) is 0 Å². The van der Waals surface area contributed by atoms with E-state index in [2.05, 4.69) is 10.6 Å². The van der Waals surface area contributed by atoms with Gasteiger partial charge in [-0.2, -0.15) is 0 Å². The number of furan rings is 1. The average Bonchev–Trinajstić information content (AvgIpc) is 3.28. The summed E-state index contributed by atoms with van der Waals surface area (Å²) in [6.45, 7) is -0.260. The third-order valence-electron chi connectivity index (χ3n) is 4.93. The summed E-state index contributed by atoms with van der Waals surface area (Å²) in [7, 11) is 0. The number of imide groups is 1. The number of ether oxygens (including phenoxy) is 1. The van der Waals surface area contributed by atoms with E-state index in [4.69, 9.17) is 9.15 Å². The molecule has 0 saturated heterocycles. The highest BCUT2D eigenvalue weighted by Crippen LogP contribution is 2.49. The van der Waals surface area contributed by atoms with E-state index in [0.717, 1.165) is 12.3 Å². The second-order valence-electron chi connectivity index (χ2n) is 6.61. The number of hydrogen-bond acceptors (Lipinski definition) is 5. The molecule has 2 aliphatic carbocycles. The number of nitrogens with one attached hydrogen (secondary N) is 2. The molecule has 1 heterocycles. The molecule has 3 atom stereocenters. The summed E-state index contributed by atoms with van der Waals surface area (Å²) in [6, 6.07) is 2.76. The first-order valence-electron chi connectivity index (χ1n) is 8.36. The molecule has 2 bridgehead atoms. The topological polar surface area (TPSA) is 97.6 Å². The minimum absolute atomic E-state index is 0.177. The summed E-state index contributed by atoms with van der Waals surface area (Å²) < 4.78 is 10.0. The molecule has 2 aliphatic rings. The van der Waals surface area contributed by atoms with E-state index in [0.29, 0.717) is 24.0 Å². The minimum atomic E-state index is -0.652. The van der Waals surface area contributed by atoms with Crippen LogP contribution < -0.4 is 10.6 Å². The number of amides is 3. The van der Waals surface area contributed by atoms with E-state index in [9.17, 15) is 14.4 Å². The van der Waals surface area contributed by atoms with Gasteiger partial charge in [0, 0.05) is 6.42 Å². The summed E-state index contributed by atoms with van der Waals surface area (Å²) in [6.07, 6.45) is 6.69. The van der Waals surface area contributed by atoms with E-state index in [1.54, 1.807) is 12.1 Å². The standard InChI is InChI=1S/C17H22N2O5/c20-15(19-17(22)18-9-14-2-1-5-23-14)10-24-16(21)8-13-7-11-3-4-12(13)6-11/h1-2,5,11-13H,3-4,6-10H2,(H2,18,19,20,22)/t11-,12-,13-/m1/s1. The van der Waals surface area contributed by atoms with Gasteiger partial charge in [-0.15, -0.1) is 0 Å². The lowest BCUT2D eigenvalue weighted by molar-refractivity contribution is -0.149. The molecular weight excluding hydrogens is 312 g/mol. The van der Waals surface area contributed by atoms with Gasteiger partial charge >= 0.3 is 12.0 Å². The van der Waals surface area contributed by atoms with Crippen LogP contribution in [0.15, 0.2) is 22.8 Å². The molecule has 0 aromatic carbocycles. The fraction of sp³-hybridized carbons (Fsp3) is 0.588. The largest absolute Gasteiger partial charge is 0.467 e. The molecule has 2 saturated carbocycles. The molecule has 2 fully saturated rings. The number of carbonyl (C=O) groups excluding carboxylic acids is 3. The van der Waals surface area contributed by atoms with Crippen molar-refractivity contribution in [1.29, 1.82) is 0 Å². The number of carbonyl (C=O) groups is 3. The maximum atomic E-state index is 11.8. The summed E-state index contributed by atoms with van der Waals surface area (Å²) >= 11 is 0. The van der Waals surface area contributed by atoms with Gasteiger partial charge in [0.15, 0.2) is 6.61 Å². The van der Waals surface area contributed by atoms with Crippen LogP contribution in [0, 0.1) is 17.8 Å². The number of fused-ring (bicyclic) bond motifs is 2. The molecular formula is C17H22N2O5. The van der Waals surface area contributed by atoms with Crippen LogP contribution in [0.2, 0.25) is 0 Å². The molecule has 7 heteroatoms. The Morgan fingerprint density at radius 2 is 2.12 bits per heavy atom. The molecule has 1 aromatic heterocycles. The van der Waals surface area contributed by atoms with Gasteiger partial charge in [-0.05, 0) is 49.1 Å². The Hall–Kier alpha value is -2.31. The smallest absolute Gasteiger partial charge is 0.321 e. The van der Waals surface area contributed by atoms with Gasteiger partial charge in [-0.1, -0.05) is 6.42 Å². The number of urea groups is 1. The van der Waals surface area contributed by atoms with Crippen molar-refractivity contribution in [1.82, 2.24) is 10.6 Å². The predicted molar refractivity (Wildman–Crippen MR) is 83.6 cm³/mol. The van der Waals surface area contributed by atoms with Crippen molar-refractivity contribution < 1.29 is 23.5 Å². The Morgan fingerprint density at radius 1 is 1.25 bits per heavy atom. The molecule has 0 unspecified atom stereocenters. The number of esters is 1. The Bertz CT molecular complexity index is 598. The van der Waals surface area contributed by atoms with Crippen LogP contribution in [-0.2, 0) is 20.9 Å². The Labute approximate surface area is 140 Å². The average molecular weight is 334 g/mol. The highest BCUT2D eigenvalue weighted by molar-refractivity contribution is 5.95. The fourth-order valence-electron chi connectivity index (χ4n) is 3.83. The van der Waals surface area contributed by atoms with Crippen molar-refractivity contribution in [3.8, 4) is 0 Å². The molecule has 0 radical (unpaired) electrons. The van der Waals surface area contributed by atoms with Crippen molar-refractivity contribution in [2.24, 2.45) is 17.8 Å². The second kappa shape index (κ2) is 7.51. The molecule has 0 spiro atoms. The van der Waals surface area contributed by atoms with Crippen LogP contribution >= 0.6 is 0 Å². The van der Waals surface area contributed by atoms with Gasteiger partial charge in [0.1, 0.15) is 5.76 Å². The van der Waals surface area contributed by atoms with Crippen LogP contribution in [0.3, 0.4) is 0 Å². The monoisotopic (exact) mass is 334 g/mol. The van der Waals surface area contributed by atoms with E-state index >= 15 is 0 Å². The van der Waals surface area contributed by atoms with Crippen molar-refractivity contribution in [3.05, 3.63) is 24.2 Å². The maximum Gasteiger partial charge on any atom is 0.321 e. The van der Waals surface area contributed by atoms with Crippen LogP contribution in [0.1, 0.15) is 37.9 Å². The first-order chi connectivity index (χ1) is 11.6. The first-order valence-corrected chi connectivity index (χ1v) is 8.36. The SMILES string of the molecule is O=C(COC(=O)C[C@H]1C[C@@H]2CC[C@@H]1C2)NC(=O)NCc1ccco1. The van der Waals surface area contributed by atoms with Crippen LogP contribution in [0.25, 0.3) is 0 Å². The highest BCUT2D eigenvalue weighted by Gasteiger charge is 2.40. The number of rotatable bonds is 6. The van der Waals surface area contributed by atoms with Gasteiger partial charge in [0.05, 0.1) is 12.8 Å². The molecule has 3 rings (SSSR count). The third kappa shape index (κ3) is 4.37. The van der Waals surface area contributed by atoms with Gasteiger partial charge in [-0.25, -0.2) is 4.79 Å². The van der Waals surface area contributed by atoms with Gasteiger partial charge < -0.3 is 14.5 Å². The van der Waals surface area contributed by atoms with Crippen LogP contribution in [-0.4, -0.2) is 24.5 Å². The van der Waals surface area contributed by atoms with E-state index in [-0.39, 0.29) is 12.5 Å². The van der Waals surface area contributed by atoms with Crippen molar-refractivity contribution in [3.63, 3.8) is 0 Å². The molecule has 7 nitrogen and oxygen atoms in total. The fourth-order valence-corrected chi connectivity index (χ4v) is 3.83. The molecule has 0 aliphatic heterocycles. The minimum Gasteiger partial charge on any atom is -0.467 e.